The first-order chi connectivity index (χ1) is 11.1. The second-order valence-electron chi connectivity index (χ2n) is 5.39. The zero-order chi connectivity index (χ0) is 16.4. The number of rotatable bonds is 4. The van der Waals surface area contributed by atoms with Crippen molar-refractivity contribution in [3.8, 4) is 11.5 Å². The summed E-state index contributed by atoms with van der Waals surface area (Å²) in [5, 5.41) is 2.72. The van der Waals surface area contributed by atoms with Crippen LogP contribution in [0.4, 0.5) is 5.69 Å². The third kappa shape index (κ3) is 2.92. The summed E-state index contributed by atoms with van der Waals surface area (Å²) in [7, 11) is 3.06. The minimum atomic E-state index is -0.454. The topological polar surface area (TPSA) is 80.4 Å². The van der Waals surface area contributed by atoms with Crippen molar-refractivity contribution in [1.82, 2.24) is 4.98 Å². The van der Waals surface area contributed by atoms with E-state index >= 15 is 0 Å². The highest BCUT2D eigenvalue weighted by Crippen LogP contribution is 2.29. The van der Waals surface area contributed by atoms with Gasteiger partial charge in [0.05, 0.1) is 19.9 Å². The number of aromatic amines is 1. The monoisotopic (exact) mass is 314 g/mol. The van der Waals surface area contributed by atoms with E-state index in [0.29, 0.717) is 17.2 Å². The maximum Gasteiger partial charge on any atom is 0.261 e. The van der Waals surface area contributed by atoms with E-state index in [-0.39, 0.29) is 11.1 Å². The van der Waals surface area contributed by atoms with Crippen LogP contribution in [0.15, 0.2) is 29.1 Å². The minimum Gasteiger partial charge on any atom is -0.497 e. The van der Waals surface area contributed by atoms with Crippen LogP contribution in [-0.2, 0) is 12.8 Å². The number of anilines is 1. The summed E-state index contributed by atoms with van der Waals surface area (Å²) in [6.45, 7) is 0. The van der Waals surface area contributed by atoms with Crippen LogP contribution in [0.2, 0.25) is 0 Å². The van der Waals surface area contributed by atoms with Gasteiger partial charge < -0.3 is 19.8 Å². The number of fused-ring (bicyclic) bond motifs is 1. The predicted molar refractivity (Wildman–Crippen MR) is 86.6 cm³/mol. The molecule has 0 saturated carbocycles. The number of benzene rings is 1. The molecule has 1 heterocycles. The predicted octanol–water partition coefficient (Wildman–Crippen LogP) is 2.13. The minimum absolute atomic E-state index is 0.114. The molecule has 2 aromatic rings. The van der Waals surface area contributed by atoms with Crippen LogP contribution in [0.25, 0.3) is 0 Å². The molecular weight excluding hydrogens is 296 g/mol. The Morgan fingerprint density at radius 2 is 2.00 bits per heavy atom. The number of hydrogen-bond donors (Lipinski definition) is 2. The number of carbonyl (C=O) groups is 1. The van der Waals surface area contributed by atoms with Gasteiger partial charge in [0, 0.05) is 11.8 Å². The van der Waals surface area contributed by atoms with Crippen molar-refractivity contribution in [1.29, 1.82) is 0 Å². The van der Waals surface area contributed by atoms with Gasteiger partial charge in [-0.1, -0.05) is 0 Å². The first-order valence-electron chi connectivity index (χ1n) is 7.41. The Balaban J connectivity index is 1.89. The summed E-state index contributed by atoms with van der Waals surface area (Å²) in [6.07, 6.45) is 2.75. The number of hydrogen-bond acceptors (Lipinski definition) is 4. The molecule has 0 fully saturated rings. The molecule has 1 aromatic carbocycles. The molecule has 0 bridgehead atoms. The third-order valence-corrected chi connectivity index (χ3v) is 3.99. The van der Waals surface area contributed by atoms with Gasteiger partial charge in [0.2, 0.25) is 0 Å². The second-order valence-corrected chi connectivity index (χ2v) is 5.39. The Morgan fingerprint density at radius 3 is 2.74 bits per heavy atom. The molecule has 0 unspecified atom stereocenters. The van der Waals surface area contributed by atoms with Gasteiger partial charge in [-0.2, -0.15) is 0 Å². The number of ether oxygens (including phenoxy) is 2. The number of carbonyl (C=O) groups excluding carboxylic acids is 1. The molecule has 0 aliphatic heterocycles. The summed E-state index contributed by atoms with van der Waals surface area (Å²) in [4.78, 5) is 27.3. The van der Waals surface area contributed by atoms with E-state index < -0.39 is 5.91 Å². The fraction of sp³-hybridized carbons (Fsp3) is 0.294. The Bertz CT molecular complexity index is 811. The van der Waals surface area contributed by atoms with Gasteiger partial charge >= 0.3 is 0 Å². The van der Waals surface area contributed by atoms with Crippen molar-refractivity contribution in [3.05, 3.63) is 51.4 Å². The smallest absolute Gasteiger partial charge is 0.261 e. The lowest BCUT2D eigenvalue weighted by atomic mass is 10.1. The Labute approximate surface area is 133 Å². The SMILES string of the molecule is COc1ccc(NC(=O)c2cc3c([nH]c2=O)CCC3)c(OC)c1. The first kappa shape index (κ1) is 15.1. The van der Waals surface area contributed by atoms with Crippen molar-refractivity contribution >= 4 is 11.6 Å². The number of amides is 1. The van der Waals surface area contributed by atoms with Crippen LogP contribution >= 0.6 is 0 Å². The van der Waals surface area contributed by atoms with Gasteiger partial charge in [-0.25, -0.2) is 0 Å². The summed E-state index contributed by atoms with van der Waals surface area (Å²) < 4.78 is 10.4. The zero-order valence-electron chi connectivity index (χ0n) is 13.1. The Morgan fingerprint density at radius 1 is 1.17 bits per heavy atom. The average molecular weight is 314 g/mol. The van der Waals surface area contributed by atoms with E-state index in [1.807, 2.05) is 0 Å². The number of methoxy groups -OCH3 is 2. The van der Waals surface area contributed by atoms with Crippen LogP contribution in [0.3, 0.4) is 0 Å². The summed E-state index contributed by atoms with van der Waals surface area (Å²) in [5.41, 5.74) is 2.21. The fourth-order valence-electron chi connectivity index (χ4n) is 2.77. The Kier molecular flexibility index (Phi) is 4.06. The molecule has 1 aliphatic carbocycles. The molecular formula is C17H18N2O4. The standard InChI is InChI=1S/C17H18N2O4/c1-22-11-6-7-14(15(9-11)23-2)19-17(21)12-8-10-4-3-5-13(10)18-16(12)20/h6-9H,3-5H2,1-2H3,(H,18,20)(H,19,21). The molecule has 6 nitrogen and oxygen atoms in total. The van der Waals surface area contributed by atoms with Gasteiger partial charge in [0.25, 0.3) is 11.5 Å². The van der Waals surface area contributed by atoms with Crippen molar-refractivity contribution in [2.45, 2.75) is 19.3 Å². The summed E-state index contributed by atoms with van der Waals surface area (Å²) in [6, 6.07) is 6.75. The number of pyridine rings is 1. The third-order valence-electron chi connectivity index (χ3n) is 3.99. The van der Waals surface area contributed by atoms with Gasteiger partial charge in [-0.3, -0.25) is 9.59 Å². The molecule has 2 N–H and O–H groups in total. The number of aromatic nitrogens is 1. The van der Waals surface area contributed by atoms with E-state index in [1.54, 1.807) is 31.4 Å². The number of H-pyrrole nitrogens is 1. The van der Waals surface area contributed by atoms with Gasteiger partial charge in [0.1, 0.15) is 17.1 Å². The van der Waals surface area contributed by atoms with Crippen LogP contribution in [0, 0.1) is 0 Å². The molecule has 1 amide bonds. The lowest BCUT2D eigenvalue weighted by Gasteiger charge is -2.12. The largest absolute Gasteiger partial charge is 0.497 e. The molecule has 0 atom stereocenters. The number of nitrogens with one attached hydrogen (secondary N) is 2. The Hall–Kier alpha value is -2.76. The highest BCUT2D eigenvalue weighted by molar-refractivity contribution is 6.05. The van der Waals surface area contributed by atoms with Crippen LogP contribution in [0.5, 0.6) is 11.5 Å². The zero-order valence-corrected chi connectivity index (χ0v) is 13.1. The lowest BCUT2D eigenvalue weighted by molar-refractivity contribution is 0.102. The van der Waals surface area contributed by atoms with Crippen molar-refractivity contribution in [2.24, 2.45) is 0 Å². The highest BCUT2D eigenvalue weighted by atomic mass is 16.5. The average Bonchev–Trinajstić information content (AvgIpc) is 3.01. The molecule has 3 rings (SSSR count). The van der Waals surface area contributed by atoms with Gasteiger partial charge in [0.15, 0.2) is 0 Å². The van der Waals surface area contributed by atoms with E-state index in [1.165, 1.54) is 7.11 Å². The molecule has 1 aromatic heterocycles. The van der Waals surface area contributed by atoms with Crippen LogP contribution < -0.4 is 20.3 Å². The molecule has 1 aliphatic rings. The summed E-state index contributed by atoms with van der Waals surface area (Å²) >= 11 is 0. The van der Waals surface area contributed by atoms with E-state index in [4.69, 9.17) is 9.47 Å². The van der Waals surface area contributed by atoms with Crippen LogP contribution in [-0.4, -0.2) is 25.1 Å². The second kappa shape index (κ2) is 6.16. The molecule has 0 saturated heterocycles. The fourth-order valence-corrected chi connectivity index (χ4v) is 2.77. The van der Waals surface area contributed by atoms with Crippen LogP contribution in [0.1, 0.15) is 28.0 Å². The maximum absolute atomic E-state index is 12.4. The summed E-state index contributed by atoms with van der Waals surface area (Å²) in [5.74, 6) is 0.634. The van der Waals surface area contributed by atoms with Gasteiger partial charge in [-0.05, 0) is 43.0 Å². The molecule has 0 radical (unpaired) electrons. The van der Waals surface area contributed by atoms with E-state index in [2.05, 4.69) is 10.3 Å². The van der Waals surface area contributed by atoms with Crippen molar-refractivity contribution in [2.75, 3.05) is 19.5 Å². The quantitative estimate of drug-likeness (QED) is 0.906. The molecule has 0 spiro atoms. The maximum atomic E-state index is 12.4. The van der Waals surface area contributed by atoms with E-state index in [0.717, 1.165) is 30.5 Å². The molecule has 120 valence electrons. The molecule has 23 heavy (non-hydrogen) atoms. The van der Waals surface area contributed by atoms with Gasteiger partial charge in [-0.15, -0.1) is 0 Å². The normalized spacial score (nSPS) is 12.6. The van der Waals surface area contributed by atoms with Crippen molar-refractivity contribution in [3.63, 3.8) is 0 Å². The first-order valence-corrected chi connectivity index (χ1v) is 7.41. The molecule has 6 heteroatoms. The van der Waals surface area contributed by atoms with Crippen molar-refractivity contribution < 1.29 is 14.3 Å². The number of aryl methyl sites for hydroxylation is 2. The van der Waals surface area contributed by atoms with E-state index in [9.17, 15) is 9.59 Å². The highest BCUT2D eigenvalue weighted by Gasteiger charge is 2.19. The lowest BCUT2D eigenvalue weighted by Crippen LogP contribution is -2.24.